The van der Waals surface area contributed by atoms with Crippen LogP contribution in [0.1, 0.15) is 30.3 Å². The van der Waals surface area contributed by atoms with Crippen molar-refractivity contribution in [3.63, 3.8) is 0 Å². The van der Waals surface area contributed by atoms with Crippen LogP contribution in [0.2, 0.25) is 0 Å². The first-order valence-electron chi connectivity index (χ1n) is 6.00. The minimum atomic E-state index is -0.557. The molecule has 6 nitrogen and oxygen atoms in total. The molecule has 1 aliphatic heterocycles. The van der Waals surface area contributed by atoms with Gasteiger partial charge in [0.05, 0.1) is 11.8 Å². The summed E-state index contributed by atoms with van der Waals surface area (Å²) in [5, 5.41) is 3.25. The molecule has 98 valence electrons. The number of nitrogens with two attached hydrogens (primary N) is 2. The van der Waals surface area contributed by atoms with Gasteiger partial charge >= 0.3 is 0 Å². The van der Waals surface area contributed by atoms with Gasteiger partial charge in [0.25, 0.3) is 5.91 Å². The first-order chi connectivity index (χ1) is 8.56. The number of hydrogen-bond donors (Lipinski definition) is 3. The molecule has 0 aliphatic carbocycles. The van der Waals surface area contributed by atoms with Gasteiger partial charge in [-0.15, -0.1) is 0 Å². The van der Waals surface area contributed by atoms with Crippen molar-refractivity contribution in [2.75, 3.05) is 17.7 Å². The summed E-state index contributed by atoms with van der Waals surface area (Å²) in [5.74, 6) is -0.0382. The van der Waals surface area contributed by atoms with E-state index < -0.39 is 5.91 Å². The maximum absolute atomic E-state index is 11.1. The monoisotopic (exact) mass is 250 g/mol. The Balaban J connectivity index is 2.12. The maximum Gasteiger partial charge on any atom is 0.267 e. The van der Waals surface area contributed by atoms with Crippen LogP contribution >= 0.6 is 0 Å². The molecule has 2 unspecified atom stereocenters. The number of carbonyl (C=O) groups is 1. The van der Waals surface area contributed by atoms with Crippen molar-refractivity contribution in [2.24, 2.45) is 5.73 Å². The van der Waals surface area contributed by atoms with Crippen LogP contribution in [-0.4, -0.2) is 29.6 Å². The van der Waals surface area contributed by atoms with E-state index in [1.54, 1.807) is 6.07 Å². The van der Waals surface area contributed by atoms with Crippen molar-refractivity contribution in [2.45, 2.75) is 31.9 Å². The van der Waals surface area contributed by atoms with Crippen LogP contribution in [0.15, 0.2) is 12.1 Å². The number of nitrogens with zero attached hydrogens (tertiary/aromatic N) is 1. The maximum atomic E-state index is 11.1. The molecule has 1 aliphatic rings. The topological polar surface area (TPSA) is 103 Å². The van der Waals surface area contributed by atoms with Gasteiger partial charge < -0.3 is 21.5 Å². The normalized spacial score (nSPS) is 23.6. The van der Waals surface area contributed by atoms with Crippen molar-refractivity contribution in [3.05, 3.63) is 17.8 Å². The minimum Gasteiger partial charge on any atom is -0.396 e. The third-order valence-corrected chi connectivity index (χ3v) is 3.00. The molecule has 1 aromatic heterocycles. The molecular weight excluding hydrogens is 232 g/mol. The molecule has 1 aromatic rings. The van der Waals surface area contributed by atoms with Gasteiger partial charge in [-0.25, -0.2) is 4.98 Å². The van der Waals surface area contributed by atoms with E-state index in [0.717, 1.165) is 12.8 Å². The Bertz CT molecular complexity index is 450. The third kappa shape index (κ3) is 2.89. The van der Waals surface area contributed by atoms with Gasteiger partial charge in [0.2, 0.25) is 0 Å². The number of anilines is 2. The number of nitrogen functional groups attached to an aromatic ring is 1. The summed E-state index contributed by atoms with van der Waals surface area (Å²) in [4.78, 5) is 15.2. The molecule has 2 atom stereocenters. The fourth-order valence-electron chi connectivity index (χ4n) is 2.05. The van der Waals surface area contributed by atoms with E-state index in [1.807, 2.05) is 6.92 Å². The average molecular weight is 250 g/mol. The number of amides is 1. The SMILES string of the molecule is CC1CC(Nc2nc(C(N)=O)ccc2N)CCO1. The first-order valence-corrected chi connectivity index (χ1v) is 6.00. The highest BCUT2D eigenvalue weighted by molar-refractivity contribution is 5.91. The summed E-state index contributed by atoms with van der Waals surface area (Å²) in [6, 6.07) is 3.42. The molecule has 0 saturated carbocycles. The van der Waals surface area contributed by atoms with Crippen LogP contribution in [-0.2, 0) is 4.74 Å². The summed E-state index contributed by atoms with van der Waals surface area (Å²) in [5.41, 5.74) is 11.8. The highest BCUT2D eigenvalue weighted by Gasteiger charge is 2.20. The Labute approximate surface area is 106 Å². The lowest BCUT2D eigenvalue weighted by Gasteiger charge is -2.28. The Morgan fingerprint density at radius 3 is 3.00 bits per heavy atom. The molecule has 1 fully saturated rings. The molecule has 2 rings (SSSR count). The number of rotatable bonds is 3. The van der Waals surface area contributed by atoms with E-state index in [2.05, 4.69) is 10.3 Å². The van der Waals surface area contributed by atoms with Gasteiger partial charge in [0, 0.05) is 12.6 Å². The smallest absolute Gasteiger partial charge is 0.267 e. The number of primary amides is 1. The summed E-state index contributed by atoms with van der Waals surface area (Å²) in [6.07, 6.45) is 2.01. The van der Waals surface area contributed by atoms with Crippen LogP contribution < -0.4 is 16.8 Å². The molecule has 18 heavy (non-hydrogen) atoms. The van der Waals surface area contributed by atoms with Crippen LogP contribution in [0.3, 0.4) is 0 Å². The molecule has 0 radical (unpaired) electrons. The van der Waals surface area contributed by atoms with Crippen molar-refractivity contribution >= 4 is 17.4 Å². The lowest BCUT2D eigenvalue weighted by Crippen LogP contribution is -2.33. The zero-order chi connectivity index (χ0) is 13.1. The van der Waals surface area contributed by atoms with E-state index >= 15 is 0 Å². The van der Waals surface area contributed by atoms with Gasteiger partial charge in [-0.1, -0.05) is 0 Å². The molecule has 0 aromatic carbocycles. The van der Waals surface area contributed by atoms with Crippen molar-refractivity contribution < 1.29 is 9.53 Å². The summed E-state index contributed by atoms with van der Waals surface area (Å²) in [7, 11) is 0. The first kappa shape index (κ1) is 12.6. The van der Waals surface area contributed by atoms with Gasteiger partial charge in [-0.2, -0.15) is 0 Å². The summed E-state index contributed by atoms with van der Waals surface area (Å²) < 4.78 is 5.47. The van der Waals surface area contributed by atoms with E-state index in [-0.39, 0.29) is 17.8 Å². The highest BCUT2D eigenvalue weighted by Crippen LogP contribution is 2.21. The second-order valence-electron chi connectivity index (χ2n) is 4.55. The van der Waals surface area contributed by atoms with Gasteiger partial charge in [-0.3, -0.25) is 4.79 Å². The fourth-order valence-corrected chi connectivity index (χ4v) is 2.05. The number of aromatic nitrogens is 1. The number of nitrogens with one attached hydrogen (secondary N) is 1. The van der Waals surface area contributed by atoms with Crippen LogP contribution in [0, 0.1) is 0 Å². The number of ether oxygens (including phenoxy) is 1. The standard InChI is InChI=1S/C12H18N4O2/c1-7-6-8(4-5-18-7)15-12-9(13)2-3-10(16-12)11(14)17/h2-3,7-8H,4-6,13H2,1H3,(H2,14,17)(H,15,16). The van der Waals surface area contributed by atoms with Crippen LogP contribution in [0.4, 0.5) is 11.5 Å². The lowest BCUT2D eigenvalue weighted by atomic mass is 10.0. The predicted molar refractivity (Wildman–Crippen MR) is 69.2 cm³/mol. The lowest BCUT2D eigenvalue weighted by molar-refractivity contribution is 0.0232. The third-order valence-electron chi connectivity index (χ3n) is 3.00. The predicted octanol–water partition coefficient (Wildman–Crippen LogP) is 0.742. The minimum absolute atomic E-state index is 0.215. The summed E-state index contributed by atoms with van der Waals surface area (Å²) >= 11 is 0. The van der Waals surface area contributed by atoms with Gasteiger partial charge in [-0.05, 0) is 31.9 Å². The van der Waals surface area contributed by atoms with E-state index in [4.69, 9.17) is 16.2 Å². The van der Waals surface area contributed by atoms with Gasteiger partial charge in [0.1, 0.15) is 11.5 Å². The molecule has 1 amide bonds. The zero-order valence-electron chi connectivity index (χ0n) is 10.3. The second-order valence-corrected chi connectivity index (χ2v) is 4.55. The number of carbonyl (C=O) groups excluding carboxylic acids is 1. The molecule has 6 heteroatoms. The van der Waals surface area contributed by atoms with Crippen LogP contribution in [0.25, 0.3) is 0 Å². The average Bonchev–Trinajstić information content (AvgIpc) is 2.31. The van der Waals surface area contributed by atoms with Crippen LogP contribution in [0.5, 0.6) is 0 Å². The number of hydrogen-bond acceptors (Lipinski definition) is 5. The Morgan fingerprint density at radius 2 is 2.33 bits per heavy atom. The molecule has 5 N–H and O–H groups in total. The quantitative estimate of drug-likeness (QED) is 0.734. The molecule has 2 heterocycles. The highest BCUT2D eigenvalue weighted by atomic mass is 16.5. The Morgan fingerprint density at radius 1 is 1.56 bits per heavy atom. The zero-order valence-corrected chi connectivity index (χ0v) is 10.3. The van der Waals surface area contributed by atoms with Crippen molar-refractivity contribution in [1.29, 1.82) is 0 Å². The van der Waals surface area contributed by atoms with Crippen molar-refractivity contribution in [1.82, 2.24) is 4.98 Å². The molecule has 0 bridgehead atoms. The number of pyridine rings is 1. The second kappa shape index (κ2) is 5.22. The van der Waals surface area contributed by atoms with E-state index in [9.17, 15) is 4.79 Å². The molecule has 0 spiro atoms. The molecular formula is C12H18N4O2. The van der Waals surface area contributed by atoms with E-state index in [1.165, 1.54) is 6.07 Å². The Hall–Kier alpha value is -1.82. The fraction of sp³-hybridized carbons (Fsp3) is 0.500. The Kier molecular flexibility index (Phi) is 3.66. The molecule has 1 saturated heterocycles. The van der Waals surface area contributed by atoms with Gasteiger partial charge in [0.15, 0.2) is 0 Å². The van der Waals surface area contributed by atoms with E-state index in [0.29, 0.717) is 18.1 Å². The largest absolute Gasteiger partial charge is 0.396 e. The van der Waals surface area contributed by atoms with Crippen molar-refractivity contribution in [3.8, 4) is 0 Å². The summed E-state index contributed by atoms with van der Waals surface area (Å²) in [6.45, 7) is 2.75.